The van der Waals surface area contributed by atoms with Crippen molar-refractivity contribution in [2.45, 2.75) is 38.3 Å². The van der Waals surface area contributed by atoms with Gasteiger partial charge in [0.1, 0.15) is 0 Å². The molecule has 0 aromatic carbocycles. The van der Waals surface area contributed by atoms with Gasteiger partial charge in [0.15, 0.2) is 0 Å². The van der Waals surface area contributed by atoms with E-state index in [4.69, 9.17) is 0 Å². The molecule has 2 saturated heterocycles. The van der Waals surface area contributed by atoms with Gasteiger partial charge in [0.25, 0.3) is 0 Å². The molecule has 2 fully saturated rings. The molecule has 19 heavy (non-hydrogen) atoms. The summed E-state index contributed by atoms with van der Waals surface area (Å²) in [6, 6.07) is 2.61. The number of pyridine rings is 1. The molecule has 0 spiro atoms. The van der Waals surface area contributed by atoms with E-state index in [-0.39, 0.29) is 6.61 Å². The highest BCUT2D eigenvalue weighted by atomic mass is 16.3. The summed E-state index contributed by atoms with van der Waals surface area (Å²) in [6.45, 7) is 4.79. The smallest absolute Gasteiger partial charge is 0.0703 e. The van der Waals surface area contributed by atoms with Gasteiger partial charge in [-0.25, -0.2) is 0 Å². The van der Waals surface area contributed by atoms with Crippen LogP contribution >= 0.6 is 0 Å². The number of aliphatic hydroxyl groups excluding tert-OH is 1. The molecule has 4 heteroatoms. The van der Waals surface area contributed by atoms with Crippen molar-refractivity contribution in [3.05, 3.63) is 24.0 Å². The van der Waals surface area contributed by atoms with E-state index >= 15 is 0 Å². The van der Waals surface area contributed by atoms with Gasteiger partial charge in [-0.15, -0.1) is 0 Å². The van der Waals surface area contributed by atoms with Crippen LogP contribution in [0.2, 0.25) is 0 Å². The third kappa shape index (κ3) is 2.74. The van der Waals surface area contributed by atoms with Gasteiger partial charge < -0.3 is 10.0 Å². The number of rotatable bonds is 3. The molecule has 1 aromatic heterocycles. The lowest BCUT2D eigenvalue weighted by Crippen LogP contribution is -2.41. The minimum absolute atomic E-state index is 0.0999. The Morgan fingerprint density at radius 2 is 2.05 bits per heavy atom. The Morgan fingerprint density at radius 3 is 2.84 bits per heavy atom. The maximum atomic E-state index is 9.43. The molecule has 0 bridgehead atoms. The average Bonchev–Trinajstić information content (AvgIpc) is 2.98. The van der Waals surface area contributed by atoms with Crippen LogP contribution < -0.4 is 4.90 Å². The Hall–Kier alpha value is -1.13. The minimum atomic E-state index is 0.0999. The van der Waals surface area contributed by atoms with Gasteiger partial charge in [0, 0.05) is 30.9 Å². The largest absolute Gasteiger partial charge is 0.392 e. The van der Waals surface area contributed by atoms with Crippen LogP contribution in [0.1, 0.15) is 31.2 Å². The molecule has 3 rings (SSSR count). The van der Waals surface area contributed by atoms with Crippen LogP contribution in [-0.4, -0.2) is 47.2 Å². The van der Waals surface area contributed by atoms with Gasteiger partial charge >= 0.3 is 0 Å². The maximum absolute atomic E-state index is 9.43. The molecule has 0 saturated carbocycles. The maximum Gasteiger partial charge on any atom is 0.0703 e. The monoisotopic (exact) mass is 261 g/mol. The summed E-state index contributed by atoms with van der Waals surface area (Å²) in [5.74, 6) is 0. The molecule has 1 atom stereocenters. The number of hydrogen-bond donors (Lipinski definition) is 1. The van der Waals surface area contributed by atoms with E-state index < -0.39 is 0 Å². The summed E-state index contributed by atoms with van der Waals surface area (Å²) >= 11 is 0. The van der Waals surface area contributed by atoms with Crippen LogP contribution in [-0.2, 0) is 6.61 Å². The normalized spacial score (nSPS) is 24.9. The third-order valence-corrected chi connectivity index (χ3v) is 4.47. The Labute approximate surface area is 115 Å². The van der Waals surface area contributed by atoms with Crippen LogP contribution in [0.4, 0.5) is 5.69 Å². The zero-order chi connectivity index (χ0) is 13.1. The molecule has 4 nitrogen and oxygen atoms in total. The molecule has 0 aliphatic carbocycles. The molecule has 1 N–H and O–H groups in total. The molecule has 104 valence electrons. The van der Waals surface area contributed by atoms with Gasteiger partial charge in [-0.3, -0.25) is 9.88 Å². The number of aromatic nitrogens is 1. The van der Waals surface area contributed by atoms with Gasteiger partial charge in [0.2, 0.25) is 0 Å². The fourth-order valence-corrected chi connectivity index (χ4v) is 3.38. The second kappa shape index (κ2) is 5.88. The van der Waals surface area contributed by atoms with Crippen molar-refractivity contribution >= 4 is 5.69 Å². The highest BCUT2D eigenvalue weighted by Gasteiger charge is 2.29. The standard InChI is InChI=1S/C15H23N3O/c19-12-13-4-6-16-10-15(13)18-9-5-14(11-18)17-7-2-1-3-8-17/h4,6,10,14,19H,1-3,5,7-9,11-12H2. The fourth-order valence-electron chi connectivity index (χ4n) is 3.38. The number of nitrogens with zero attached hydrogens (tertiary/aromatic N) is 3. The van der Waals surface area contributed by atoms with Gasteiger partial charge in [-0.2, -0.15) is 0 Å². The molecule has 1 aromatic rings. The lowest BCUT2D eigenvalue weighted by molar-refractivity contribution is 0.175. The summed E-state index contributed by atoms with van der Waals surface area (Å²) in [4.78, 5) is 9.25. The number of likely N-dealkylation sites (tertiary alicyclic amines) is 1. The summed E-state index contributed by atoms with van der Waals surface area (Å²) in [7, 11) is 0. The zero-order valence-corrected chi connectivity index (χ0v) is 11.5. The first-order valence-corrected chi connectivity index (χ1v) is 7.41. The molecule has 2 aliphatic heterocycles. The summed E-state index contributed by atoms with van der Waals surface area (Å²) in [6.07, 6.45) is 8.98. The number of hydrogen-bond acceptors (Lipinski definition) is 4. The van der Waals surface area contributed by atoms with E-state index in [0.29, 0.717) is 6.04 Å². The lowest BCUT2D eigenvalue weighted by Gasteiger charge is -2.32. The second-order valence-corrected chi connectivity index (χ2v) is 5.65. The Balaban J connectivity index is 1.67. The zero-order valence-electron chi connectivity index (χ0n) is 11.5. The van der Waals surface area contributed by atoms with Crippen molar-refractivity contribution in [1.82, 2.24) is 9.88 Å². The van der Waals surface area contributed by atoms with Crippen LogP contribution in [0.5, 0.6) is 0 Å². The molecular formula is C15H23N3O. The van der Waals surface area contributed by atoms with Crippen molar-refractivity contribution in [2.75, 3.05) is 31.1 Å². The third-order valence-electron chi connectivity index (χ3n) is 4.47. The van der Waals surface area contributed by atoms with Crippen molar-refractivity contribution in [3.8, 4) is 0 Å². The topological polar surface area (TPSA) is 39.6 Å². The first kappa shape index (κ1) is 12.9. The Morgan fingerprint density at radius 1 is 1.21 bits per heavy atom. The van der Waals surface area contributed by atoms with Crippen LogP contribution in [0.3, 0.4) is 0 Å². The second-order valence-electron chi connectivity index (χ2n) is 5.65. The van der Waals surface area contributed by atoms with Crippen molar-refractivity contribution < 1.29 is 5.11 Å². The number of aliphatic hydroxyl groups is 1. The molecule has 3 heterocycles. The summed E-state index contributed by atoms with van der Waals surface area (Å²) in [5.41, 5.74) is 2.11. The van der Waals surface area contributed by atoms with Crippen molar-refractivity contribution in [1.29, 1.82) is 0 Å². The molecule has 0 radical (unpaired) electrons. The van der Waals surface area contributed by atoms with Crippen LogP contribution in [0, 0.1) is 0 Å². The number of piperidine rings is 1. The van der Waals surface area contributed by atoms with Gasteiger partial charge in [0.05, 0.1) is 18.5 Å². The van der Waals surface area contributed by atoms with Gasteiger partial charge in [-0.1, -0.05) is 6.42 Å². The van der Waals surface area contributed by atoms with E-state index in [1.54, 1.807) is 6.20 Å². The van der Waals surface area contributed by atoms with Crippen molar-refractivity contribution in [3.63, 3.8) is 0 Å². The highest BCUT2D eigenvalue weighted by Crippen LogP contribution is 2.27. The quantitative estimate of drug-likeness (QED) is 0.898. The van der Waals surface area contributed by atoms with Crippen molar-refractivity contribution in [2.24, 2.45) is 0 Å². The Bertz CT molecular complexity index is 418. The molecule has 2 aliphatic rings. The van der Waals surface area contributed by atoms with E-state index in [0.717, 1.165) is 24.3 Å². The molecular weight excluding hydrogens is 238 g/mol. The van der Waals surface area contributed by atoms with E-state index in [1.807, 2.05) is 12.3 Å². The predicted molar refractivity (Wildman–Crippen MR) is 76.2 cm³/mol. The Kier molecular flexibility index (Phi) is 3.99. The van der Waals surface area contributed by atoms with E-state index in [9.17, 15) is 5.11 Å². The lowest BCUT2D eigenvalue weighted by atomic mass is 10.1. The molecule has 0 amide bonds. The number of anilines is 1. The molecule has 1 unspecified atom stereocenters. The predicted octanol–water partition coefficient (Wildman–Crippen LogP) is 1.64. The van der Waals surface area contributed by atoms with Crippen LogP contribution in [0.25, 0.3) is 0 Å². The van der Waals surface area contributed by atoms with E-state index in [1.165, 1.54) is 38.8 Å². The summed E-state index contributed by atoms with van der Waals surface area (Å²) < 4.78 is 0. The van der Waals surface area contributed by atoms with Crippen LogP contribution in [0.15, 0.2) is 18.5 Å². The average molecular weight is 261 g/mol. The minimum Gasteiger partial charge on any atom is -0.392 e. The first-order chi connectivity index (χ1) is 9.38. The fraction of sp³-hybridized carbons (Fsp3) is 0.667. The highest BCUT2D eigenvalue weighted by molar-refractivity contribution is 5.52. The SMILES string of the molecule is OCc1ccncc1N1CCC(N2CCCCC2)C1. The van der Waals surface area contributed by atoms with Gasteiger partial charge in [-0.05, 0) is 38.4 Å². The van der Waals surface area contributed by atoms with E-state index in [2.05, 4.69) is 14.8 Å². The summed E-state index contributed by atoms with van der Waals surface area (Å²) in [5, 5.41) is 9.43. The first-order valence-electron chi connectivity index (χ1n) is 7.41.